The first-order valence-corrected chi connectivity index (χ1v) is 10.1. The van der Waals surface area contributed by atoms with Gasteiger partial charge in [0.05, 0.1) is 11.7 Å². The molecule has 150 valence electrons. The zero-order valence-corrected chi connectivity index (χ0v) is 16.4. The van der Waals surface area contributed by atoms with Crippen molar-refractivity contribution in [3.63, 3.8) is 0 Å². The van der Waals surface area contributed by atoms with Crippen LogP contribution in [0.1, 0.15) is 37.8 Å². The van der Waals surface area contributed by atoms with E-state index >= 15 is 0 Å². The first-order valence-electron chi connectivity index (χ1n) is 10.1. The molecule has 0 aromatic carbocycles. The normalized spacial score (nSPS) is 31.2. The summed E-state index contributed by atoms with van der Waals surface area (Å²) in [6.07, 6.45) is 5.50. The zero-order valence-electron chi connectivity index (χ0n) is 16.4. The van der Waals surface area contributed by atoms with Gasteiger partial charge in [-0.05, 0) is 25.3 Å². The Morgan fingerprint density at radius 3 is 2.86 bits per heavy atom. The second-order valence-electron chi connectivity index (χ2n) is 8.38. The van der Waals surface area contributed by atoms with Crippen LogP contribution in [0.25, 0.3) is 0 Å². The van der Waals surface area contributed by atoms with Gasteiger partial charge in [0.25, 0.3) is 0 Å². The third-order valence-electron chi connectivity index (χ3n) is 6.70. The fourth-order valence-electron chi connectivity index (χ4n) is 4.91. The van der Waals surface area contributed by atoms with E-state index < -0.39 is 12.0 Å². The Morgan fingerprint density at radius 1 is 1.32 bits per heavy atom. The molecule has 0 spiro atoms. The summed E-state index contributed by atoms with van der Waals surface area (Å²) in [5.41, 5.74) is 2.15. The molecular weight excluding hydrogens is 362 g/mol. The molecule has 3 unspecified atom stereocenters. The molecule has 0 N–H and O–H groups in total. The van der Waals surface area contributed by atoms with Crippen LogP contribution in [0.15, 0.2) is 34.6 Å². The lowest BCUT2D eigenvalue weighted by Crippen LogP contribution is -2.40. The van der Waals surface area contributed by atoms with E-state index in [0.29, 0.717) is 6.42 Å². The predicted molar refractivity (Wildman–Crippen MR) is 104 cm³/mol. The van der Waals surface area contributed by atoms with Gasteiger partial charge in [0, 0.05) is 63.4 Å². The number of anilines is 1. The summed E-state index contributed by atoms with van der Waals surface area (Å²) >= 11 is 0. The van der Waals surface area contributed by atoms with E-state index in [-0.39, 0.29) is 29.6 Å². The third kappa shape index (κ3) is 2.82. The van der Waals surface area contributed by atoms with Gasteiger partial charge in [0.1, 0.15) is 23.4 Å². The number of halogens is 2. The van der Waals surface area contributed by atoms with Crippen LogP contribution in [0.5, 0.6) is 0 Å². The number of aromatic nitrogens is 2. The standard InChI is InChI=1S/C21H26F2N4O/c1-26-19(11-18(25-26)21(28-2)7-8-21)27-9-6-16-13(12-27)10-17(24-16)20-14(22)4-3-5-15(20)23/h3-4,11,13,15,17H,5-10,12H2,1-2H3. The molecule has 3 atom stereocenters. The quantitative estimate of drug-likeness (QED) is 0.791. The Balaban J connectivity index is 1.34. The molecule has 2 aliphatic carbocycles. The van der Waals surface area contributed by atoms with Gasteiger partial charge in [-0.2, -0.15) is 5.10 Å². The Labute approximate surface area is 163 Å². The molecule has 0 radical (unpaired) electrons. The van der Waals surface area contributed by atoms with Crippen molar-refractivity contribution in [1.29, 1.82) is 0 Å². The highest BCUT2D eigenvalue weighted by Crippen LogP contribution is 2.49. The highest BCUT2D eigenvalue weighted by molar-refractivity contribution is 5.91. The molecule has 3 heterocycles. The fourth-order valence-corrected chi connectivity index (χ4v) is 4.91. The molecule has 1 saturated carbocycles. The summed E-state index contributed by atoms with van der Waals surface area (Å²) in [5.74, 6) is 0.886. The SMILES string of the molecule is COC1(c2cc(N3CCC4=NC(C5=C(F)C=CCC5F)CC4C3)n(C)n2)CC1. The number of fused-ring (bicyclic) bond motifs is 1. The van der Waals surface area contributed by atoms with Crippen molar-refractivity contribution in [3.8, 4) is 0 Å². The Morgan fingerprint density at radius 2 is 2.14 bits per heavy atom. The minimum absolute atomic E-state index is 0.203. The van der Waals surface area contributed by atoms with Crippen molar-refractivity contribution in [1.82, 2.24) is 9.78 Å². The highest BCUT2D eigenvalue weighted by Gasteiger charge is 2.47. The van der Waals surface area contributed by atoms with Crippen LogP contribution in [0.4, 0.5) is 14.6 Å². The molecule has 28 heavy (non-hydrogen) atoms. The summed E-state index contributed by atoms with van der Waals surface area (Å²) < 4.78 is 36.1. The smallest absolute Gasteiger partial charge is 0.130 e. The Kier molecular flexibility index (Phi) is 4.19. The largest absolute Gasteiger partial charge is 0.372 e. The van der Waals surface area contributed by atoms with Gasteiger partial charge in [-0.1, -0.05) is 6.08 Å². The summed E-state index contributed by atoms with van der Waals surface area (Å²) in [5, 5.41) is 4.69. The van der Waals surface area contributed by atoms with Crippen molar-refractivity contribution >= 4 is 11.5 Å². The summed E-state index contributed by atoms with van der Waals surface area (Å²) in [4.78, 5) is 7.05. The second-order valence-corrected chi connectivity index (χ2v) is 8.38. The van der Waals surface area contributed by atoms with Gasteiger partial charge in [0.2, 0.25) is 0 Å². The van der Waals surface area contributed by atoms with Crippen LogP contribution in [-0.2, 0) is 17.4 Å². The molecule has 2 fully saturated rings. The summed E-state index contributed by atoms with van der Waals surface area (Å²) in [6.45, 7) is 1.66. The highest BCUT2D eigenvalue weighted by atomic mass is 19.1. The van der Waals surface area contributed by atoms with E-state index in [2.05, 4.69) is 11.0 Å². The number of ether oxygens (including phenoxy) is 1. The van der Waals surface area contributed by atoms with Crippen LogP contribution in [-0.4, -0.2) is 47.9 Å². The molecule has 2 aliphatic heterocycles. The zero-order chi connectivity index (χ0) is 19.5. The van der Waals surface area contributed by atoms with E-state index in [1.807, 2.05) is 11.7 Å². The number of hydrogen-bond acceptors (Lipinski definition) is 4. The van der Waals surface area contributed by atoms with Gasteiger partial charge < -0.3 is 9.64 Å². The molecule has 5 rings (SSSR count). The average molecular weight is 388 g/mol. The van der Waals surface area contributed by atoms with E-state index in [1.54, 1.807) is 13.2 Å². The van der Waals surface area contributed by atoms with Crippen LogP contribution >= 0.6 is 0 Å². The van der Waals surface area contributed by atoms with Gasteiger partial charge in [-0.25, -0.2) is 8.78 Å². The number of methoxy groups -OCH3 is 1. The number of rotatable bonds is 4. The van der Waals surface area contributed by atoms with Gasteiger partial charge in [-0.15, -0.1) is 0 Å². The monoisotopic (exact) mass is 388 g/mol. The summed E-state index contributed by atoms with van der Waals surface area (Å²) in [7, 11) is 3.71. The average Bonchev–Trinajstić information content (AvgIpc) is 3.21. The molecule has 1 aromatic rings. The van der Waals surface area contributed by atoms with Crippen LogP contribution in [0.3, 0.4) is 0 Å². The Bertz CT molecular complexity index is 883. The van der Waals surface area contributed by atoms with Crippen LogP contribution in [0.2, 0.25) is 0 Å². The van der Waals surface area contributed by atoms with Crippen molar-refractivity contribution < 1.29 is 13.5 Å². The molecule has 7 heteroatoms. The molecule has 5 nitrogen and oxygen atoms in total. The topological polar surface area (TPSA) is 42.6 Å². The van der Waals surface area contributed by atoms with Gasteiger partial charge in [0.15, 0.2) is 0 Å². The van der Waals surface area contributed by atoms with Crippen molar-refractivity contribution in [3.05, 3.63) is 35.3 Å². The number of allylic oxidation sites excluding steroid dienone is 3. The first kappa shape index (κ1) is 18.0. The molecule has 4 aliphatic rings. The lowest BCUT2D eigenvalue weighted by molar-refractivity contribution is 0.0747. The minimum Gasteiger partial charge on any atom is -0.372 e. The number of aliphatic imine (C=N–C) groups is 1. The molecule has 0 bridgehead atoms. The molecule has 1 aromatic heterocycles. The maximum absolute atomic E-state index is 14.3. The predicted octanol–water partition coefficient (Wildman–Crippen LogP) is 3.62. The van der Waals surface area contributed by atoms with E-state index in [1.165, 1.54) is 6.08 Å². The van der Waals surface area contributed by atoms with Gasteiger partial charge in [-0.3, -0.25) is 9.67 Å². The van der Waals surface area contributed by atoms with Gasteiger partial charge >= 0.3 is 0 Å². The first-order chi connectivity index (χ1) is 13.5. The molecule has 1 saturated heterocycles. The lowest BCUT2D eigenvalue weighted by atomic mass is 9.88. The number of aryl methyl sites for hydroxylation is 1. The number of alkyl halides is 1. The Hall–Kier alpha value is -2.02. The second kappa shape index (κ2) is 6.51. The number of hydrogen-bond donors (Lipinski definition) is 0. The van der Waals surface area contributed by atoms with Crippen molar-refractivity contribution in [2.45, 2.75) is 49.9 Å². The van der Waals surface area contributed by atoms with E-state index in [9.17, 15) is 8.78 Å². The number of piperidine rings is 1. The third-order valence-corrected chi connectivity index (χ3v) is 6.70. The minimum atomic E-state index is -1.25. The van der Waals surface area contributed by atoms with Crippen LogP contribution < -0.4 is 4.90 Å². The van der Waals surface area contributed by atoms with E-state index in [4.69, 9.17) is 14.8 Å². The molecular formula is C21H26F2N4O. The van der Waals surface area contributed by atoms with E-state index in [0.717, 1.165) is 49.6 Å². The maximum Gasteiger partial charge on any atom is 0.130 e. The summed E-state index contributed by atoms with van der Waals surface area (Å²) in [6, 6.07) is 1.78. The van der Waals surface area contributed by atoms with Crippen molar-refractivity contribution in [2.24, 2.45) is 18.0 Å². The van der Waals surface area contributed by atoms with Crippen LogP contribution in [0, 0.1) is 5.92 Å². The number of nitrogens with zero attached hydrogens (tertiary/aromatic N) is 4. The van der Waals surface area contributed by atoms with Crippen molar-refractivity contribution in [2.75, 3.05) is 25.1 Å². The fraction of sp³-hybridized carbons (Fsp3) is 0.619. The molecule has 0 amide bonds. The maximum atomic E-state index is 14.3. The lowest BCUT2D eigenvalue weighted by Gasteiger charge is -2.33.